The van der Waals surface area contributed by atoms with Crippen LogP contribution < -0.4 is 0 Å². The summed E-state index contributed by atoms with van der Waals surface area (Å²) in [4.78, 5) is 14.5. The van der Waals surface area contributed by atoms with E-state index in [-0.39, 0.29) is 5.91 Å². The van der Waals surface area contributed by atoms with E-state index < -0.39 is 0 Å². The molecule has 0 unspecified atom stereocenters. The van der Waals surface area contributed by atoms with Crippen molar-refractivity contribution in [2.75, 3.05) is 0 Å². The summed E-state index contributed by atoms with van der Waals surface area (Å²) >= 11 is 6.59. The number of benzene rings is 1. The average molecular weight is 327 g/mol. The van der Waals surface area contributed by atoms with E-state index in [4.69, 9.17) is 16.6 Å². The van der Waals surface area contributed by atoms with Crippen LogP contribution in [-0.2, 0) is 11.3 Å². The van der Waals surface area contributed by atoms with Crippen molar-refractivity contribution >= 4 is 40.3 Å². The lowest BCUT2D eigenvalue weighted by atomic mass is 10.2. The Morgan fingerprint density at radius 1 is 1.18 bits per heavy atom. The molecule has 1 amide bonds. The lowest BCUT2D eigenvalue weighted by Crippen LogP contribution is -2.27. The average Bonchev–Trinajstić information content (AvgIpc) is 3.13. The third-order valence-electron chi connectivity index (χ3n) is 3.10. The second-order valence-electron chi connectivity index (χ2n) is 4.64. The van der Waals surface area contributed by atoms with Crippen LogP contribution in [-0.4, -0.2) is 15.1 Å². The Morgan fingerprint density at radius 3 is 2.73 bits per heavy atom. The van der Waals surface area contributed by atoms with Crippen LogP contribution in [0.25, 0.3) is 6.08 Å². The lowest BCUT2D eigenvalue weighted by Gasteiger charge is -2.11. The molecular weight excluding hydrogens is 314 g/mol. The fourth-order valence-electron chi connectivity index (χ4n) is 2.02. The Kier molecular flexibility index (Phi) is 4.56. The first kappa shape index (κ1) is 14.8. The number of nitrogens with zero attached hydrogens (tertiary/aromatic N) is 1. The molecule has 1 aromatic heterocycles. The van der Waals surface area contributed by atoms with E-state index >= 15 is 0 Å². The molecule has 2 aromatic rings. The van der Waals surface area contributed by atoms with Gasteiger partial charge in [0.05, 0.1) is 17.7 Å². The van der Waals surface area contributed by atoms with Crippen LogP contribution in [0.1, 0.15) is 11.3 Å². The molecule has 1 aromatic carbocycles. The Bertz CT molecular complexity index is 733. The molecule has 22 heavy (non-hydrogen) atoms. The van der Waals surface area contributed by atoms with Gasteiger partial charge in [-0.3, -0.25) is 9.69 Å². The number of rotatable bonds is 4. The van der Waals surface area contributed by atoms with E-state index in [1.807, 2.05) is 48.6 Å². The second-order valence-corrected chi connectivity index (χ2v) is 6.32. The van der Waals surface area contributed by atoms with Gasteiger partial charge in [0, 0.05) is 0 Å². The summed E-state index contributed by atoms with van der Waals surface area (Å²) in [6.07, 6.45) is 7.22. The van der Waals surface area contributed by atoms with Gasteiger partial charge in [-0.2, -0.15) is 0 Å². The van der Waals surface area contributed by atoms with Gasteiger partial charge >= 0.3 is 0 Å². The molecule has 1 fully saturated rings. The SMILES string of the molecule is O=C1C(=CC=Cc2ccccc2)SC(=S)N1Cc1ccco1. The highest BCUT2D eigenvalue weighted by Crippen LogP contribution is 2.32. The summed E-state index contributed by atoms with van der Waals surface area (Å²) in [5.41, 5.74) is 1.09. The molecule has 110 valence electrons. The van der Waals surface area contributed by atoms with E-state index in [0.717, 1.165) is 11.3 Å². The summed E-state index contributed by atoms with van der Waals surface area (Å²) in [5, 5.41) is 0. The number of thiocarbonyl (C=S) groups is 1. The van der Waals surface area contributed by atoms with Gasteiger partial charge in [0.2, 0.25) is 0 Å². The minimum absolute atomic E-state index is 0.0795. The lowest BCUT2D eigenvalue weighted by molar-refractivity contribution is -0.122. The predicted octanol–water partition coefficient (Wildman–Crippen LogP) is 4.24. The number of allylic oxidation sites excluding steroid dienone is 2. The van der Waals surface area contributed by atoms with Crippen LogP contribution in [0, 0.1) is 0 Å². The van der Waals surface area contributed by atoms with Gasteiger partial charge in [-0.25, -0.2) is 0 Å². The van der Waals surface area contributed by atoms with Crippen molar-refractivity contribution in [1.29, 1.82) is 0 Å². The fraction of sp³-hybridized carbons (Fsp3) is 0.0588. The summed E-state index contributed by atoms with van der Waals surface area (Å²) in [5.74, 6) is 0.640. The minimum Gasteiger partial charge on any atom is -0.467 e. The van der Waals surface area contributed by atoms with Gasteiger partial charge in [0.1, 0.15) is 10.1 Å². The number of carbonyl (C=O) groups is 1. The van der Waals surface area contributed by atoms with Gasteiger partial charge in [-0.05, 0) is 23.8 Å². The second kappa shape index (κ2) is 6.77. The largest absolute Gasteiger partial charge is 0.467 e. The van der Waals surface area contributed by atoms with Crippen LogP contribution in [0.2, 0.25) is 0 Å². The number of carbonyl (C=O) groups excluding carboxylic acids is 1. The van der Waals surface area contributed by atoms with Crippen molar-refractivity contribution in [2.24, 2.45) is 0 Å². The first-order valence-corrected chi connectivity index (χ1v) is 7.96. The van der Waals surface area contributed by atoms with E-state index in [1.165, 1.54) is 11.8 Å². The van der Waals surface area contributed by atoms with Gasteiger partial charge < -0.3 is 4.42 Å². The first-order chi connectivity index (χ1) is 10.7. The molecule has 3 nitrogen and oxygen atoms in total. The normalized spacial score (nSPS) is 17.1. The third-order valence-corrected chi connectivity index (χ3v) is 4.50. The molecule has 1 aliphatic heterocycles. The molecule has 0 spiro atoms. The molecule has 0 saturated carbocycles. The molecule has 0 radical (unpaired) electrons. The first-order valence-electron chi connectivity index (χ1n) is 6.73. The number of hydrogen-bond acceptors (Lipinski definition) is 4. The number of hydrogen-bond donors (Lipinski definition) is 0. The zero-order valence-electron chi connectivity index (χ0n) is 11.6. The monoisotopic (exact) mass is 327 g/mol. The molecular formula is C17H13NO2S2. The van der Waals surface area contributed by atoms with Crippen LogP contribution in [0.4, 0.5) is 0 Å². The van der Waals surface area contributed by atoms with E-state index in [1.54, 1.807) is 23.3 Å². The zero-order valence-corrected chi connectivity index (χ0v) is 13.3. The van der Waals surface area contributed by atoms with E-state index in [0.29, 0.717) is 15.8 Å². The Labute approximate surface area is 138 Å². The molecule has 0 N–H and O–H groups in total. The smallest absolute Gasteiger partial charge is 0.266 e. The maximum absolute atomic E-state index is 12.4. The topological polar surface area (TPSA) is 33.5 Å². The summed E-state index contributed by atoms with van der Waals surface area (Å²) in [7, 11) is 0. The van der Waals surface area contributed by atoms with Crippen LogP contribution >= 0.6 is 24.0 Å². The highest BCUT2D eigenvalue weighted by molar-refractivity contribution is 8.26. The number of furan rings is 1. The molecule has 0 atom stereocenters. The highest BCUT2D eigenvalue weighted by atomic mass is 32.2. The quantitative estimate of drug-likeness (QED) is 0.621. The Balaban J connectivity index is 1.70. The minimum atomic E-state index is -0.0795. The summed E-state index contributed by atoms with van der Waals surface area (Å²) in [6, 6.07) is 13.6. The molecule has 1 aliphatic rings. The van der Waals surface area contributed by atoms with E-state index in [2.05, 4.69) is 0 Å². The molecule has 2 heterocycles. The summed E-state index contributed by atoms with van der Waals surface area (Å²) < 4.78 is 5.83. The molecule has 3 rings (SSSR count). The van der Waals surface area contributed by atoms with Gasteiger partial charge in [-0.1, -0.05) is 66.5 Å². The Hall–Kier alpha value is -2.11. The fourth-order valence-corrected chi connectivity index (χ4v) is 3.23. The molecule has 0 bridgehead atoms. The van der Waals surface area contributed by atoms with Crippen LogP contribution in [0.15, 0.2) is 70.2 Å². The van der Waals surface area contributed by atoms with Crippen molar-refractivity contribution in [3.8, 4) is 0 Å². The van der Waals surface area contributed by atoms with Crippen molar-refractivity contribution in [1.82, 2.24) is 4.90 Å². The van der Waals surface area contributed by atoms with Gasteiger partial charge in [-0.15, -0.1) is 0 Å². The van der Waals surface area contributed by atoms with Crippen molar-refractivity contribution in [3.63, 3.8) is 0 Å². The summed E-state index contributed by atoms with van der Waals surface area (Å²) in [6.45, 7) is 0.372. The van der Waals surface area contributed by atoms with Crippen molar-refractivity contribution in [3.05, 3.63) is 77.1 Å². The van der Waals surface area contributed by atoms with Gasteiger partial charge in [0.25, 0.3) is 5.91 Å². The molecule has 0 aliphatic carbocycles. The third kappa shape index (κ3) is 3.37. The van der Waals surface area contributed by atoms with E-state index in [9.17, 15) is 4.79 Å². The predicted molar refractivity (Wildman–Crippen MR) is 93.0 cm³/mol. The number of thioether (sulfide) groups is 1. The zero-order chi connectivity index (χ0) is 15.4. The highest BCUT2D eigenvalue weighted by Gasteiger charge is 2.32. The standard InChI is InChI=1S/C17H13NO2S2/c19-16-15(10-4-8-13-6-2-1-3-7-13)22-17(21)18(16)12-14-9-5-11-20-14/h1-11H,12H2. The molecule has 1 saturated heterocycles. The van der Waals surface area contributed by atoms with Crippen molar-refractivity contribution < 1.29 is 9.21 Å². The van der Waals surface area contributed by atoms with Crippen LogP contribution in [0.5, 0.6) is 0 Å². The van der Waals surface area contributed by atoms with Crippen molar-refractivity contribution in [2.45, 2.75) is 6.54 Å². The van der Waals surface area contributed by atoms with Crippen LogP contribution in [0.3, 0.4) is 0 Å². The maximum atomic E-state index is 12.4. The maximum Gasteiger partial charge on any atom is 0.266 e. The van der Waals surface area contributed by atoms with Gasteiger partial charge in [0.15, 0.2) is 0 Å². The molecule has 5 heteroatoms. The Morgan fingerprint density at radius 2 is 2.00 bits per heavy atom. The number of amides is 1.